The minimum absolute atomic E-state index is 0.226. The Kier molecular flexibility index (Phi) is 5.07. The summed E-state index contributed by atoms with van der Waals surface area (Å²) in [5.74, 6) is -1.92. The fourth-order valence-electron chi connectivity index (χ4n) is 3.84. The van der Waals surface area contributed by atoms with E-state index in [1.807, 2.05) is 0 Å². The van der Waals surface area contributed by atoms with E-state index >= 15 is 0 Å². The maximum atomic E-state index is 13.1. The zero-order valence-electron chi connectivity index (χ0n) is 16.4. The van der Waals surface area contributed by atoms with Crippen LogP contribution < -0.4 is 0 Å². The molecule has 30 heavy (non-hydrogen) atoms. The number of rotatable bonds is 3. The Morgan fingerprint density at radius 3 is 1.87 bits per heavy atom. The number of hydrogen-bond donors (Lipinski definition) is 0. The van der Waals surface area contributed by atoms with Gasteiger partial charge in [0.2, 0.25) is 5.91 Å². The third kappa shape index (κ3) is 3.34. The van der Waals surface area contributed by atoms with Gasteiger partial charge < -0.3 is 9.80 Å². The monoisotopic (exact) mass is 409 g/mol. The molecule has 2 heterocycles. The highest BCUT2D eigenvalue weighted by atomic mass is 19.1. The van der Waals surface area contributed by atoms with E-state index in [2.05, 4.69) is 0 Å². The number of benzene rings is 2. The minimum atomic E-state index is -0.934. The van der Waals surface area contributed by atoms with Gasteiger partial charge in [0.05, 0.1) is 11.1 Å². The molecule has 1 fully saturated rings. The van der Waals surface area contributed by atoms with Crippen molar-refractivity contribution in [3.05, 3.63) is 71.0 Å². The molecular formula is C22H20FN3O4. The van der Waals surface area contributed by atoms with E-state index in [0.29, 0.717) is 42.9 Å². The molecule has 2 aliphatic heterocycles. The smallest absolute Gasteiger partial charge is 0.262 e. The van der Waals surface area contributed by atoms with Gasteiger partial charge >= 0.3 is 0 Å². The van der Waals surface area contributed by atoms with Crippen LogP contribution in [0.3, 0.4) is 0 Å². The summed E-state index contributed by atoms with van der Waals surface area (Å²) in [6.45, 7) is 2.76. The molecule has 1 atom stereocenters. The maximum absolute atomic E-state index is 13.1. The van der Waals surface area contributed by atoms with E-state index in [9.17, 15) is 23.6 Å². The van der Waals surface area contributed by atoms with Gasteiger partial charge in [-0.15, -0.1) is 0 Å². The first kappa shape index (κ1) is 19.8. The van der Waals surface area contributed by atoms with E-state index in [1.54, 1.807) is 41.0 Å². The number of halogens is 1. The molecule has 0 saturated carbocycles. The number of nitrogens with zero attached hydrogens (tertiary/aromatic N) is 3. The van der Waals surface area contributed by atoms with Crippen LogP contribution in [0.1, 0.15) is 38.0 Å². The fourth-order valence-corrected chi connectivity index (χ4v) is 3.84. The lowest BCUT2D eigenvalue weighted by atomic mass is 10.1. The van der Waals surface area contributed by atoms with Gasteiger partial charge in [-0.3, -0.25) is 24.1 Å². The Bertz CT molecular complexity index is 994. The first-order valence-corrected chi connectivity index (χ1v) is 9.69. The Hall–Kier alpha value is -3.55. The molecule has 7 nitrogen and oxygen atoms in total. The van der Waals surface area contributed by atoms with Crippen LogP contribution in [0.2, 0.25) is 0 Å². The first-order chi connectivity index (χ1) is 14.4. The summed E-state index contributed by atoms with van der Waals surface area (Å²) in [5, 5.41) is 0. The molecular weight excluding hydrogens is 389 g/mol. The van der Waals surface area contributed by atoms with Crippen molar-refractivity contribution < 1.29 is 23.6 Å². The van der Waals surface area contributed by atoms with Gasteiger partial charge in [-0.05, 0) is 43.3 Å². The summed E-state index contributed by atoms with van der Waals surface area (Å²) in [6, 6.07) is 10.9. The SMILES string of the molecule is CC(C(=O)N1CCN(C(=O)c2ccc(F)cc2)CC1)N1C(=O)c2ccccc2C1=O. The molecule has 0 aromatic heterocycles. The van der Waals surface area contributed by atoms with Crippen LogP contribution in [0, 0.1) is 5.82 Å². The van der Waals surface area contributed by atoms with Gasteiger partial charge in [0, 0.05) is 31.7 Å². The third-order valence-electron chi connectivity index (χ3n) is 5.54. The molecule has 2 aliphatic rings. The maximum Gasteiger partial charge on any atom is 0.262 e. The van der Waals surface area contributed by atoms with E-state index in [-0.39, 0.29) is 11.8 Å². The molecule has 0 radical (unpaired) electrons. The van der Waals surface area contributed by atoms with E-state index in [4.69, 9.17) is 0 Å². The largest absolute Gasteiger partial charge is 0.337 e. The van der Waals surface area contributed by atoms with Crippen molar-refractivity contribution in [2.24, 2.45) is 0 Å². The summed E-state index contributed by atoms with van der Waals surface area (Å²) in [4.78, 5) is 54.9. The second-order valence-corrected chi connectivity index (χ2v) is 7.33. The Labute approximate surface area is 172 Å². The first-order valence-electron chi connectivity index (χ1n) is 9.69. The summed E-state index contributed by atoms with van der Waals surface area (Å²) < 4.78 is 13.1. The van der Waals surface area contributed by atoms with Crippen LogP contribution in [0.4, 0.5) is 4.39 Å². The minimum Gasteiger partial charge on any atom is -0.337 e. The highest BCUT2D eigenvalue weighted by Gasteiger charge is 2.42. The van der Waals surface area contributed by atoms with Gasteiger partial charge in [-0.1, -0.05) is 12.1 Å². The van der Waals surface area contributed by atoms with Crippen LogP contribution in [-0.2, 0) is 4.79 Å². The molecule has 2 aromatic carbocycles. The normalized spacial score (nSPS) is 17.2. The van der Waals surface area contributed by atoms with E-state index < -0.39 is 23.7 Å². The van der Waals surface area contributed by atoms with Gasteiger partial charge in [-0.2, -0.15) is 0 Å². The van der Waals surface area contributed by atoms with Crippen molar-refractivity contribution in [2.45, 2.75) is 13.0 Å². The zero-order valence-corrected chi connectivity index (χ0v) is 16.4. The average molecular weight is 409 g/mol. The summed E-state index contributed by atoms with van der Waals surface area (Å²) >= 11 is 0. The number of carbonyl (C=O) groups is 4. The summed E-state index contributed by atoms with van der Waals surface area (Å²) in [5.41, 5.74) is 0.990. The van der Waals surface area contributed by atoms with Crippen LogP contribution in [-0.4, -0.2) is 70.5 Å². The molecule has 0 aliphatic carbocycles. The standard InChI is InChI=1S/C22H20FN3O4/c1-14(26-21(29)17-4-2-3-5-18(17)22(26)30)19(27)24-10-12-25(13-11-24)20(28)15-6-8-16(23)9-7-15/h2-9,14H,10-13H2,1H3. The van der Waals surface area contributed by atoms with Crippen LogP contribution in [0.25, 0.3) is 0 Å². The predicted octanol–water partition coefficient (Wildman–Crippen LogP) is 1.79. The van der Waals surface area contributed by atoms with Crippen LogP contribution in [0.15, 0.2) is 48.5 Å². The second-order valence-electron chi connectivity index (χ2n) is 7.33. The van der Waals surface area contributed by atoms with Crippen molar-refractivity contribution in [3.63, 3.8) is 0 Å². The van der Waals surface area contributed by atoms with E-state index in [0.717, 1.165) is 4.90 Å². The van der Waals surface area contributed by atoms with Gasteiger partial charge in [0.25, 0.3) is 17.7 Å². The predicted molar refractivity (Wildman–Crippen MR) is 105 cm³/mol. The number of fused-ring (bicyclic) bond motifs is 1. The van der Waals surface area contributed by atoms with Crippen molar-refractivity contribution in [1.82, 2.24) is 14.7 Å². The highest BCUT2D eigenvalue weighted by Crippen LogP contribution is 2.25. The number of piperazine rings is 1. The Morgan fingerprint density at radius 1 is 0.833 bits per heavy atom. The highest BCUT2D eigenvalue weighted by molar-refractivity contribution is 6.22. The Morgan fingerprint density at radius 2 is 1.33 bits per heavy atom. The quantitative estimate of drug-likeness (QED) is 0.725. The molecule has 0 N–H and O–H groups in total. The number of hydrogen-bond acceptors (Lipinski definition) is 4. The average Bonchev–Trinajstić information content (AvgIpc) is 3.03. The number of imide groups is 1. The molecule has 0 bridgehead atoms. The number of amides is 4. The van der Waals surface area contributed by atoms with Gasteiger partial charge in [0.1, 0.15) is 11.9 Å². The third-order valence-corrected chi connectivity index (χ3v) is 5.54. The van der Waals surface area contributed by atoms with Crippen LogP contribution >= 0.6 is 0 Å². The second kappa shape index (κ2) is 7.70. The lowest BCUT2D eigenvalue weighted by Crippen LogP contribution is -2.56. The lowest BCUT2D eigenvalue weighted by Gasteiger charge is -2.37. The topological polar surface area (TPSA) is 78.0 Å². The van der Waals surface area contributed by atoms with Crippen molar-refractivity contribution in [3.8, 4) is 0 Å². The lowest BCUT2D eigenvalue weighted by molar-refractivity contribution is -0.136. The zero-order chi connectivity index (χ0) is 21.4. The van der Waals surface area contributed by atoms with Crippen molar-refractivity contribution >= 4 is 23.6 Å². The summed E-state index contributed by atoms with van der Waals surface area (Å²) in [6.07, 6.45) is 0. The van der Waals surface area contributed by atoms with E-state index in [1.165, 1.54) is 24.3 Å². The molecule has 154 valence electrons. The molecule has 4 amide bonds. The van der Waals surface area contributed by atoms with Crippen LogP contribution in [0.5, 0.6) is 0 Å². The fraction of sp³-hybridized carbons (Fsp3) is 0.273. The van der Waals surface area contributed by atoms with Gasteiger partial charge in [-0.25, -0.2) is 4.39 Å². The molecule has 0 spiro atoms. The molecule has 2 aromatic rings. The van der Waals surface area contributed by atoms with Gasteiger partial charge in [0.15, 0.2) is 0 Å². The molecule has 8 heteroatoms. The summed E-state index contributed by atoms with van der Waals surface area (Å²) in [7, 11) is 0. The van der Waals surface area contributed by atoms with Crippen molar-refractivity contribution in [2.75, 3.05) is 26.2 Å². The molecule has 4 rings (SSSR count). The number of carbonyl (C=O) groups excluding carboxylic acids is 4. The molecule has 1 saturated heterocycles. The molecule has 1 unspecified atom stereocenters. The van der Waals surface area contributed by atoms with Crippen molar-refractivity contribution in [1.29, 1.82) is 0 Å². The Balaban J connectivity index is 1.40.